The second-order valence-electron chi connectivity index (χ2n) is 4.99. The second-order valence-corrected chi connectivity index (χ2v) is 4.99. The minimum atomic E-state index is 0.161. The van der Waals surface area contributed by atoms with Crippen LogP contribution in [0, 0.1) is 0 Å². The number of ether oxygens (including phenoxy) is 1. The van der Waals surface area contributed by atoms with Crippen molar-refractivity contribution in [3.8, 4) is 0 Å². The first kappa shape index (κ1) is 14.5. The standard InChI is InChI=1S/C13H26N2O2/c1-11(2)14-8-3-6-13(16)15-9-7-12-5-4-10-17-12/h11-12,14H,3-10H2,1-2H3,(H,15,16). The van der Waals surface area contributed by atoms with Gasteiger partial charge in [0.15, 0.2) is 0 Å². The molecule has 1 aliphatic heterocycles. The van der Waals surface area contributed by atoms with Gasteiger partial charge in [-0.15, -0.1) is 0 Å². The molecule has 1 heterocycles. The van der Waals surface area contributed by atoms with Gasteiger partial charge in [0.2, 0.25) is 5.91 Å². The molecule has 1 saturated heterocycles. The fraction of sp³-hybridized carbons (Fsp3) is 0.923. The minimum Gasteiger partial charge on any atom is -0.378 e. The molecule has 0 saturated carbocycles. The molecule has 0 aromatic carbocycles. The van der Waals surface area contributed by atoms with E-state index in [9.17, 15) is 4.79 Å². The van der Waals surface area contributed by atoms with E-state index in [4.69, 9.17) is 4.74 Å². The Hall–Kier alpha value is -0.610. The largest absolute Gasteiger partial charge is 0.378 e. The molecule has 0 bridgehead atoms. The summed E-state index contributed by atoms with van der Waals surface area (Å²) in [6.45, 7) is 6.78. The summed E-state index contributed by atoms with van der Waals surface area (Å²) in [6.07, 6.45) is 5.16. The average Bonchev–Trinajstić information content (AvgIpc) is 2.77. The molecule has 1 atom stereocenters. The molecule has 100 valence electrons. The molecule has 1 amide bonds. The predicted octanol–water partition coefficient (Wildman–Crippen LogP) is 1.45. The van der Waals surface area contributed by atoms with Crippen LogP contribution in [0.15, 0.2) is 0 Å². The molecular formula is C13H26N2O2. The summed E-state index contributed by atoms with van der Waals surface area (Å²) in [5.41, 5.74) is 0. The van der Waals surface area contributed by atoms with Gasteiger partial charge in [-0.05, 0) is 32.2 Å². The number of carbonyl (C=O) groups is 1. The molecule has 2 N–H and O–H groups in total. The van der Waals surface area contributed by atoms with Crippen LogP contribution >= 0.6 is 0 Å². The fourth-order valence-corrected chi connectivity index (χ4v) is 1.97. The van der Waals surface area contributed by atoms with E-state index in [1.54, 1.807) is 0 Å². The van der Waals surface area contributed by atoms with Crippen molar-refractivity contribution in [1.82, 2.24) is 10.6 Å². The first-order valence-electron chi connectivity index (χ1n) is 6.80. The Morgan fingerprint density at radius 3 is 2.88 bits per heavy atom. The Bertz CT molecular complexity index is 213. The summed E-state index contributed by atoms with van der Waals surface area (Å²) in [6, 6.07) is 0.498. The topological polar surface area (TPSA) is 50.4 Å². The normalized spacial score (nSPS) is 19.8. The molecule has 0 aromatic rings. The van der Waals surface area contributed by atoms with Crippen LogP contribution in [0.25, 0.3) is 0 Å². The maximum Gasteiger partial charge on any atom is 0.220 e. The van der Waals surface area contributed by atoms with Crippen LogP contribution in [0.1, 0.15) is 46.0 Å². The smallest absolute Gasteiger partial charge is 0.220 e. The van der Waals surface area contributed by atoms with Crippen molar-refractivity contribution in [3.05, 3.63) is 0 Å². The van der Waals surface area contributed by atoms with Gasteiger partial charge in [0.25, 0.3) is 0 Å². The third kappa shape index (κ3) is 7.34. The lowest BCUT2D eigenvalue weighted by atomic mass is 10.2. The van der Waals surface area contributed by atoms with Crippen LogP contribution in [0.5, 0.6) is 0 Å². The van der Waals surface area contributed by atoms with Crippen molar-refractivity contribution >= 4 is 5.91 Å². The van der Waals surface area contributed by atoms with Crippen molar-refractivity contribution < 1.29 is 9.53 Å². The van der Waals surface area contributed by atoms with E-state index in [0.29, 0.717) is 18.6 Å². The van der Waals surface area contributed by atoms with E-state index in [1.807, 2.05) is 0 Å². The number of amides is 1. The van der Waals surface area contributed by atoms with Gasteiger partial charge in [-0.25, -0.2) is 0 Å². The van der Waals surface area contributed by atoms with Crippen LogP contribution in [0.4, 0.5) is 0 Å². The minimum absolute atomic E-state index is 0.161. The molecule has 1 unspecified atom stereocenters. The fourth-order valence-electron chi connectivity index (χ4n) is 1.97. The predicted molar refractivity (Wildman–Crippen MR) is 69.0 cm³/mol. The quantitative estimate of drug-likeness (QED) is 0.633. The lowest BCUT2D eigenvalue weighted by Crippen LogP contribution is -2.29. The van der Waals surface area contributed by atoms with E-state index in [-0.39, 0.29) is 5.91 Å². The summed E-state index contributed by atoms with van der Waals surface area (Å²) < 4.78 is 5.50. The van der Waals surface area contributed by atoms with Gasteiger partial charge in [-0.1, -0.05) is 13.8 Å². The van der Waals surface area contributed by atoms with Crippen molar-refractivity contribution in [2.45, 2.75) is 58.1 Å². The summed E-state index contributed by atoms with van der Waals surface area (Å²) >= 11 is 0. The zero-order chi connectivity index (χ0) is 12.5. The van der Waals surface area contributed by atoms with E-state index in [0.717, 1.165) is 39.0 Å². The van der Waals surface area contributed by atoms with Gasteiger partial charge in [-0.3, -0.25) is 4.79 Å². The Kier molecular flexibility index (Phi) is 7.21. The summed E-state index contributed by atoms with van der Waals surface area (Å²) in [5, 5.41) is 6.25. The molecule has 1 fully saturated rings. The van der Waals surface area contributed by atoms with Crippen LogP contribution in [0.2, 0.25) is 0 Å². The highest BCUT2D eigenvalue weighted by Gasteiger charge is 2.14. The number of hydrogen-bond acceptors (Lipinski definition) is 3. The SMILES string of the molecule is CC(C)NCCCC(=O)NCCC1CCCO1. The van der Waals surface area contributed by atoms with Gasteiger partial charge >= 0.3 is 0 Å². The first-order valence-corrected chi connectivity index (χ1v) is 6.80. The number of rotatable bonds is 8. The maximum absolute atomic E-state index is 11.5. The highest BCUT2D eigenvalue weighted by Crippen LogP contribution is 2.14. The van der Waals surface area contributed by atoms with Gasteiger partial charge in [0.1, 0.15) is 0 Å². The Morgan fingerprint density at radius 1 is 1.41 bits per heavy atom. The molecule has 1 rings (SSSR count). The Balaban J connectivity index is 1.90. The van der Waals surface area contributed by atoms with E-state index >= 15 is 0 Å². The van der Waals surface area contributed by atoms with Crippen LogP contribution in [-0.4, -0.2) is 37.7 Å². The summed E-state index contributed by atoms with van der Waals surface area (Å²) in [5.74, 6) is 0.161. The lowest BCUT2D eigenvalue weighted by Gasteiger charge is -2.10. The zero-order valence-electron chi connectivity index (χ0n) is 11.1. The first-order chi connectivity index (χ1) is 8.18. The van der Waals surface area contributed by atoms with Crippen molar-refractivity contribution in [3.63, 3.8) is 0 Å². The Morgan fingerprint density at radius 2 is 2.24 bits per heavy atom. The van der Waals surface area contributed by atoms with Crippen molar-refractivity contribution in [2.24, 2.45) is 0 Å². The Labute approximate surface area is 104 Å². The molecule has 4 nitrogen and oxygen atoms in total. The van der Waals surface area contributed by atoms with E-state index < -0.39 is 0 Å². The molecule has 17 heavy (non-hydrogen) atoms. The molecular weight excluding hydrogens is 216 g/mol. The van der Waals surface area contributed by atoms with Crippen molar-refractivity contribution in [1.29, 1.82) is 0 Å². The van der Waals surface area contributed by atoms with Crippen LogP contribution < -0.4 is 10.6 Å². The van der Waals surface area contributed by atoms with E-state index in [2.05, 4.69) is 24.5 Å². The second kappa shape index (κ2) is 8.48. The van der Waals surface area contributed by atoms with Crippen LogP contribution in [0.3, 0.4) is 0 Å². The number of carbonyl (C=O) groups excluding carboxylic acids is 1. The molecule has 0 aromatic heterocycles. The highest BCUT2D eigenvalue weighted by molar-refractivity contribution is 5.75. The molecule has 0 radical (unpaired) electrons. The zero-order valence-corrected chi connectivity index (χ0v) is 11.1. The van der Waals surface area contributed by atoms with Gasteiger partial charge in [0.05, 0.1) is 6.10 Å². The number of nitrogens with one attached hydrogen (secondary N) is 2. The van der Waals surface area contributed by atoms with Gasteiger partial charge in [-0.2, -0.15) is 0 Å². The third-order valence-corrected chi connectivity index (χ3v) is 2.95. The van der Waals surface area contributed by atoms with Gasteiger partial charge < -0.3 is 15.4 Å². The van der Waals surface area contributed by atoms with Gasteiger partial charge in [0, 0.05) is 25.6 Å². The molecule has 4 heteroatoms. The molecule has 0 spiro atoms. The molecule has 0 aliphatic carbocycles. The maximum atomic E-state index is 11.5. The number of hydrogen-bond donors (Lipinski definition) is 2. The summed E-state index contributed by atoms with van der Waals surface area (Å²) in [4.78, 5) is 11.5. The van der Waals surface area contributed by atoms with Crippen molar-refractivity contribution in [2.75, 3.05) is 19.7 Å². The van der Waals surface area contributed by atoms with Crippen LogP contribution in [-0.2, 0) is 9.53 Å². The monoisotopic (exact) mass is 242 g/mol. The summed E-state index contributed by atoms with van der Waals surface area (Å²) in [7, 11) is 0. The lowest BCUT2D eigenvalue weighted by molar-refractivity contribution is -0.121. The highest BCUT2D eigenvalue weighted by atomic mass is 16.5. The van der Waals surface area contributed by atoms with E-state index in [1.165, 1.54) is 6.42 Å². The average molecular weight is 242 g/mol. The third-order valence-electron chi connectivity index (χ3n) is 2.95. The molecule has 1 aliphatic rings.